The molecule has 1 unspecified atom stereocenters. The Labute approximate surface area is 104 Å². The molecule has 17 heavy (non-hydrogen) atoms. The second-order valence-electron chi connectivity index (χ2n) is 3.82. The second kappa shape index (κ2) is 5.92. The van der Waals surface area contributed by atoms with Crippen molar-refractivity contribution in [3.63, 3.8) is 0 Å². The van der Waals surface area contributed by atoms with Crippen molar-refractivity contribution in [3.8, 4) is 0 Å². The number of anilines is 1. The van der Waals surface area contributed by atoms with Crippen LogP contribution in [0.25, 0.3) is 0 Å². The number of ether oxygens (including phenoxy) is 1. The van der Waals surface area contributed by atoms with Gasteiger partial charge in [-0.05, 0) is 19.3 Å². The third kappa shape index (κ3) is 3.64. The smallest absolute Gasteiger partial charge is 0.321 e. The Bertz CT molecular complexity index is 376. The highest BCUT2D eigenvalue weighted by Gasteiger charge is 2.16. The SMILES string of the molecule is CCc1nnc(NC(=O)NCC2CCCO2)s1. The lowest BCUT2D eigenvalue weighted by Gasteiger charge is -2.10. The molecule has 0 bridgehead atoms. The van der Waals surface area contributed by atoms with E-state index in [1.165, 1.54) is 11.3 Å². The van der Waals surface area contributed by atoms with Gasteiger partial charge in [-0.15, -0.1) is 10.2 Å². The maximum Gasteiger partial charge on any atom is 0.321 e. The van der Waals surface area contributed by atoms with Gasteiger partial charge in [0, 0.05) is 13.2 Å². The Morgan fingerprint density at radius 3 is 3.12 bits per heavy atom. The number of nitrogens with one attached hydrogen (secondary N) is 2. The minimum Gasteiger partial charge on any atom is -0.376 e. The molecule has 2 amide bonds. The first-order valence-electron chi connectivity index (χ1n) is 5.76. The van der Waals surface area contributed by atoms with Crippen LogP contribution in [0.4, 0.5) is 9.93 Å². The number of aryl methyl sites for hydroxylation is 1. The zero-order chi connectivity index (χ0) is 12.1. The fourth-order valence-corrected chi connectivity index (χ4v) is 2.27. The molecule has 0 spiro atoms. The summed E-state index contributed by atoms with van der Waals surface area (Å²) < 4.78 is 5.41. The molecule has 2 heterocycles. The Morgan fingerprint density at radius 2 is 2.47 bits per heavy atom. The third-order valence-corrected chi connectivity index (χ3v) is 3.49. The van der Waals surface area contributed by atoms with Crippen molar-refractivity contribution >= 4 is 22.5 Å². The zero-order valence-corrected chi connectivity index (χ0v) is 10.5. The molecule has 1 fully saturated rings. The molecule has 0 aliphatic carbocycles. The second-order valence-corrected chi connectivity index (χ2v) is 4.89. The highest BCUT2D eigenvalue weighted by atomic mass is 32.1. The summed E-state index contributed by atoms with van der Waals surface area (Å²) in [5.41, 5.74) is 0. The zero-order valence-electron chi connectivity index (χ0n) is 9.73. The molecule has 0 saturated carbocycles. The van der Waals surface area contributed by atoms with Gasteiger partial charge in [0.2, 0.25) is 5.13 Å². The van der Waals surface area contributed by atoms with Gasteiger partial charge in [0.15, 0.2) is 0 Å². The van der Waals surface area contributed by atoms with Gasteiger partial charge in [-0.1, -0.05) is 18.3 Å². The number of urea groups is 1. The predicted octanol–water partition coefficient (Wildman–Crippen LogP) is 1.40. The van der Waals surface area contributed by atoms with Gasteiger partial charge in [0.05, 0.1) is 6.10 Å². The van der Waals surface area contributed by atoms with E-state index >= 15 is 0 Å². The highest BCUT2D eigenvalue weighted by Crippen LogP contribution is 2.15. The number of rotatable bonds is 4. The number of carbonyl (C=O) groups excluding carboxylic acids is 1. The lowest BCUT2D eigenvalue weighted by molar-refractivity contribution is 0.112. The Kier molecular flexibility index (Phi) is 4.27. The van der Waals surface area contributed by atoms with Crippen molar-refractivity contribution in [1.82, 2.24) is 15.5 Å². The van der Waals surface area contributed by atoms with Crippen molar-refractivity contribution in [3.05, 3.63) is 5.01 Å². The van der Waals surface area contributed by atoms with E-state index in [1.54, 1.807) is 0 Å². The molecule has 1 aromatic heterocycles. The first-order valence-corrected chi connectivity index (χ1v) is 6.58. The van der Waals surface area contributed by atoms with Gasteiger partial charge in [-0.25, -0.2) is 4.79 Å². The van der Waals surface area contributed by atoms with E-state index < -0.39 is 0 Å². The van der Waals surface area contributed by atoms with E-state index in [1.807, 2.05) is 6.92 Å². The standard InChI is InChI=1S/C10H16N4O2S/c1-2-8-13-14-10(17-8)12-9(15)11-6-7-4-3-5-16-7/h7H,2-6H2,1H3,(H2,11,12,14,15). The first kappa shape index (κ1) is 12.3. The van der Waals surface area contributed by atoms with Gasteiger partial charge in [-0.3, -0.25) is 5.32 Å². The summed E-state index contributed by atoms with van der Waals surface area (Å²) >= 11 is 1.39. The summed E-state index contributed by atoms with van der Waals surface area (Å²) in [6.45, 7) is 3.34. The summed E-state index contributed by atoms with van der Waals surface area (Å²) in [5, 5.41) is 14.7. The van der Waals surface area contributed by atoms with Gasteiger partial charge in [0.1, 0.15) is 5.01 Å². The van der Waals surface area contributed by atoms with E-state index in [0.717, 1.165) is 30.9 Å². The number of hydrogen-bond donors (Lipinski definition) is 2. The van der Waals surface area contributed by atoms with E-state index in [4.69, 9.17) is 4.74 Å². The number of amides is 2. The van der Waals surface area contributed by atoms with Crippen molar-refractivity contribution in [2.75, 3.05) is 18.5 Å². The minimum absolute atomic E-state index is 0.154. The summed E-state index contributed by atoms with van der Waals surface area (Å²) in [4.78, 5) is 11.5. The summed E-state index contributed by atoms with van der Waals surface area (Å²) in [6, 6.07) is -0.251. The largest absolute Gasteiger partial charge is 0.376 e. The maximum absolute atomic E-state index is 11.5. The van der Waals surface area contributed by atoms with Crippen molar-refractivity contribution < 1.29 is 9.53 Å². The summed E-state index contributed by atoms with van der Waals surface area (Å²) in [5.74, 6) is 0. The Morgan fingerprint density at radius 1 is 1.59 bits per heavy atom. The molecule has 6 nitrogen and oxygen atoms in total. The number of aromatic nitrogens is 2. The van der Waals surface area contributed by atoms with Crippen LogP contribution in [0, 0.1) is 0 Å². The molecule has 0 radical (unpaired) electrons. The van der Waals surface area contributed by atoms with Gasteiger partial charge in [0.25, 0.3) is 0 Å². The third-order valence-electron chi connectivity index (χ3n) is 2.50. The molecule has 1 aliphatic heterocycles. The monoisotopic (exact) mass is 256 g/mol. The maximum atomic E-state index is 11.5. The highest BCUT2D eigenvalue weighted by molar-refractivity contribution is 7.15. The van der Waals surface area contributed by atoms with Crippen LogP contribution in [0.5, 0.6) is 0 Å². The van der Waals surface area contributed by atoms with Gasteiger partial charge < -0.3 is 10.1 Å². The van der Waals surface area contributed by atoms with Crippen molar-refractivity contribution in [2.24, 2.45) is 0 Å². The van der Waals surface area contributed by atoms with Crippen LogP contribution in [-0.4, -0.2) is 35.5 Å². The summed E-state index contributed by atoms with van der Waals surface area (Å²) in [6.07, 6.45) is 3.07. The van der Waals surface area contributed by atoms with E-state index in [9.17, 15) is 4.79 Å². The van der Waals surface area contributed by atoms with Crippen LogP contribution in [-0.2, 0) is 11.2 Å². The first-order chi connectivity index (χ1) is 8.28. The van der Waals surface area contributed by atoms with E-state index in [0.29, 0.717) is 11.7 Å². The number of carbonyl (C=O) groups is 1. The van der Waals surface area contributed by atoms with Gasteiger partial charge >= 0.3 is 6.03 Å². The number of hydrogen-bond acceptors (Lipinski definition) is 5. The average molecular weight is 256 g/mol. The topological polar surface area (TPSA) is 76.1 Å². The molecule has 1 saturated heterocycles. The molecular weight excluding hydrogens is 240 g/mol. The van der Waals surface area contributed by atoms with Crippen molar-refractivity contribution in [2.45, 2.75) is 32.3 Å². The molecule has 94 valence electrons. The quantitative estimate of drug-likeness (QED) is 0.853. The fraction of sp³-hybridized carbons (Fsp3) is 0.700. The molecule has 2 rings (SSSR count). The predicted molar refractivity (Wildman–Crippen MR) is 65.3 cm³/mol. The van der Waals surface area contributed by atoms with Crippen LogP contribution in [0.15, 0.2) is 0 Å². The molecule has 1 aromatic rings. The van der Waals surface area contributed by atoms with Crippen molar-refractivity contribution in [1.29, 1.82) is 0 Å². The minimum atomic E-state index is -0.251. The van der Waals surface area contributed by atoms with Gasteiger partial charge in [-0.2, -0.15) is 0 Å². The molecule has 1 atom stereocenters. The van der Waals surface area contributed by atoms with Crippen LogP contribution in [0.2, 0.25) is 0 Å². The lowest BCUT2D eigenvalue weighted by atomic mass is 10.2. The fourth-order valence-electron chi connectivity index (χ4n) is 1.60. The summed E-state index contributed by atoms with van der Waals surface area (Å²) in [7, 11) is 0. The normalized spacial score (nSPS) is 19.2. The molecule has 0 aromatic carbocycles. The van der Waals surface area contributed by atoms with Crippen LogP contribution >= 0.6 is 11.3 Å². The molecule has 2 N–H and O–H groups in total. The molecule has 1 aliphatic rings. The molecule has 7 heteroatoms. The van der Waals surface area contributed by atoms with Crippen LogP contribution in [0.1, 0.15) is 24.8 Å². The van der Waals surface area contributed by atoms with E-state index in [2.05, 4.69) is 20.8 Å². The molecular formula is C10H16N4O2S. The lowest BCUT2D eigenvalue weighted by Crippen LogP contribution is -2.34. The van der Waals surface area contributed by atoms with E-state index in [-0.39, 0.29) is 12.1 Å². The average Bonchev–Trinajstić information content (AvgIpc) is 2.97. The van der Waals surface area contributed by atoms with Crippen LogP contribution in [0.3, 0.4) is 0 Å². The van der Waals surface area contributed by atoms with Crippen LogP contribution < -0.4 is 10.6 Å². The number of nitrogens with zero attached hydrogens (tertiary/aromatic N) is 2. The Balaban J connectivity index is 1.72. The Hall–Kier alpha value is -1.21.